The van der Waals surface area contributed by atoms with Crippen LogP contribution in [0.3, 0.4) is 0 Å². The minimum atomic E-state index is 0.0510. The van der Waals surface area contributed by atoms with Gasteiger partial charge in [0.25, 0.3) is 0 Å². The number of hydrogen-bond acceptors (Lipinski definition) is 4. The van der Waals surface area contributed by atoms with Gasteiger partial charge in [-0.15, -0.1) is 11.8 Å². The molecule has 0 radical (unpaired) electrons. The van der Waals surface area contributed by atoms with Gasteiger partial charge in [-0.05, 0) is 79.8 Å². The number of aryl methyl sites for hydroxylation is 2. The van der Waals surface area contributed by atoms with Crippen LogP contribution >= 0.6 is 24.0 Å². The van der Waals surface area contributed by atoms with Gasteiger partial charge in [-0.1, -0.05) is 18.2 Å². The van der Waals surface area contributed by atoms with E-state index in [9.17, 15) is 0 Å². The van der Waals surface area contributed by atoms with Gasteiger partial charge in [0, 0.05) is 17.0 Å². The van der Waals surface area contributed by atoms with Crippen molar-refractivity contribution in [2.24, 2.45) is 0 Å². The molecule has 6 heteroatoms. The molecule has 152 valence electrons. The zero-order valence-electron chi connectivity index (χ0n) is 16.9. The first-order chi connectivity index (χ1) is 14.1. The van der Waals surface area contributed by atoms with Crippen molar-refractivity contribution in [2.45, 2.75) is 30.7 Å². The van der Waals surface area contributed by atoms with Crippen LogP contribution in [0.4, 0.5) is 5.69 Å². The van der Waals surface area contributed by atoms with E-state index in [1.807, 2.05) is 43.3 Å². The molecule has 0 amide bonds. The molecule has 2 N–H and O–H groups in total. The number of nitrogens with one attached hydrogen (secondary N) is 2. The smallest absolute Gasteiger partial charge is 0.171 e. The van der Waals surface area contributed by atoms with Crippen LogP contribution in [0.15, 0.2) is 70.0 Å². The van der Waals surface area contributed by atoms with E-state index in [0.717, 1.165) is 41.4 Å². The maximum atomic E-state index is 5.73. The standard InChI is InChI=1S/C23H26N2O2S2/c1-16-7-10-20(27-16)13-14-22(17-8-11-19(26-2)12-9-17)25-23(28)24-18-5-4-6-21(15-18)29-3/h4-12,15,22H,13-14H2,1-3H3,(H2,24,25,28)/t22-/m0/s1. The second-order valence-electron chi connectivity index (χ2n) is 6.71. The summed E-state index contributed by atoms with van der Waals surface area (Å²) >= 11 is 7.30. The fraction of sp³-hybridized carbons (Fsp3) is 0.261. The normalized spacial score (nSPS) is 11.7. The summed E-state index contributed by atoms with van der Waals surface area (Å²) in [6, 6.07) is 20.4. The zero-order valence-corrected chi connectivity index (χ0v) is 18.5. The topological polar surface area (TPSA) is 46.4 Å². The average Bonchev–Trinajstić information content (AvgIpc) is 3.16. The SMILES string of the molecule is COc1ccc([C@H](CCc2ccc(C)o2)NC(=S)Nc2cccc(SC)c2)cc1. The zero-order chi connectivity index (χ0) is 20.6. The molecule has 2 aromatic carbocycles. The molecule has 0 bridgehead atoms. The molecule has 1 heterocycles. The number of methoxy groups -OCH3 is 1. The van der Waals surface area contributed by atoms with E-state index in [1.54, 1.807) is 18.9 Å². The predicted octanol–water partition coefficient (Wildman–Crippen LogP) is 5.98. The quantitative estimate of drug-likeness (QED) is 0.341. The van der Waals surface area contributed by atoms with E-state index in [-0.39, 0.29) is 6.04 Å². The van der Waals surface area contributed by atoms with Crippen molar-refractivity contribution in [3.05, 3.63) is 77.7 Å². The Balaban J connectivity index is 1.71. The highest BCUT2D eigenvalue weighted by atomic mass is 32.2. The first-order valence-electron chi connectivity index (χ1n) is 9.48. The van der Waals surface area contributed by atoms with Crippen molar-refractivity contribution in [3.63, 3.8) is 0 Å². The Hall–Kier alpha value is -2.44. The van der Waals surface area contributed by atoms with E-state index < -0.39 is 0 Å². The molecule has 1 aromatic heterocycles. The van der Waals surface area contributed by atoms with E-state index in [0.29, 0.717) is 5.11 Å². The Morgan fingerprint density at radius 1 is 1.14 bits per heavy atom. The molecule has 0 fully saturated rings. The molecule has 0 unspecified atom stereocenters. The predicted molar refractivity (Wildman–Crippen MR) is 125 cm³/mol. The van der Waals surface area contributed by atoms with E-state index in [2.05, 4.69) is 41.2 Å². The largest absolute Gasteiger partial charge is 0.497 e. The van der Waals surface area contributed by atoms with Crippen molar-refractivity contribution in [3.8, 4) is 5.75 Å². The van der Waals surface area contributed by atoms with Gasteiger partial charge in [0.05, 0.1) is 13.2 Å². The fourth-order valence-electron chi connectivity index (χ4n) is 3.09. The third-order valence-corrected chi connectivity index (χ3v) is 5.57. The molecular weight excluding hydrogens is 400 g/mol. The highest BCUT2D eigenvalue weighted by Crippen LogP contribution is 2.24. The number of thioether (sulfide) groups is 1. The number of thiocarbonyl (C=S) groups is 1. The molecule has 0 saturated carbocycles. The van der Waals surface area contributed by atoms with E-state index >= 15 is 0 Å². The fourth-order valence-corrected chi connectivity index (χ4v) is 3.81. The Kier molecular flexibility index (Phi) is 7.61. The summed E-state index contributed by atoms with van der Waals surface area (Å²) in [4.78, 5) is 1.19. The summed E-state index contributed by atoms with van der Waals surface area (Å²) in [7, 11) is 1.67. The van der Waals surface area contributed by atoms with Crippen LogP contribution < -0.4 is 15.4 Å². The van der Waals surface area contributed by atoms with Gasteiger partial charge < -0.3 is 19.8 Å². The van der Waals surface area contributed by atoms with Crippen LogP contribution in [-0.4, -0.2) is 18.5 Å². The molecule has 0 spiro atoms. The lowest BCUT2D eigenvalue weighted by molar-refractivity contribution is 0.414. The van der Waals surface area contributed by atoms with Crippen molar-refractivity contribution >= 4 is 34.8 Å². The van der Waals surface area contributed by atoms with Crippen LogP contribution in [0, 0.1) is 6.92 Å². The molecule has 0 aliphatic rings. The van der Waals surface area contributed by atoms with Crippen LogP contribution in [0.1, 0.15) is 29.5 Å². The van der Waals surface area contributed by atoms with Gasteiger partial charge in [0.2, 0.25) is 0 Å². The Bertz CT molecular complexity index is 938. The maximum Gasteiger partial charge on any atom is 0.171 e. The summed E-state index contributed by atoms with van der Waals surface area (Å²) in [5.74, 6) is 2.75. The van der Waals surface area contributed by atoms with E-state index in [4.69, 9.17) is 21.4 Å². The summed E-state index contributed by atoms with van der Waals surface area (Å²) in [6.07, 6.45) is 3.74. The Labute approximate surface area is 182 Å². The first kappa shape index (κ1) is 21.3. The number of ether oxygens (including phenoxy) is 1. The average molecular weight is 427 g/mol. The van der Waals surface area contributed by atoms with Crippen molar-refractivity contribution in [1.29, 1.82) is 0 Å². The molecular formula is C23H26N2O2S2. The summed E-state index contributed by atoms with van der Waals surface area (Å²) in [6.45, 7) is 1.96. The Morgan fingerprint density at radius 3 is 2.59 bits per heavy atom. The molecule has 3 aromatic rings. The second-order valence-corrected chi connectivity index (χ2v) is 8.00. The van der Waals surface area contributed by atoms with Gasteiger partial charge in [-0.2, -0.15) is 0 Å². The first-order valence-corrected chi connectivity index (χ1v) is 11.1. The lowest BCUT2D eigenvalue weighted by Gasteiger charge is -2.21. The highest BCUT2D eigenvalue weighted by molar-refractivity contribution is 7.98. The minimum absolute atomic E-state index is 0.0510. The van der Waals surface area contributed by atoms with Crippen LogP contribution in [0.25, 0.3) is 0 Å². The molecule has 29 heavy (non-hydrogen) atoms. The van der Waals surface area contributed by atoms with Gasteiger partial charge in [-0.3, -0.25) is 0 Å². The summed E-state index contributed by atoms with van der Waals surface area (Å²) in [5.41, 5.74) is 2.13. The lowest BCUT2D eigenvalue weighted by atomic mass is 10.0. The number of benzene rings is 2. The number of rotatable bonds is 8. The van der Waals surface area contributed by atoms with Crippen LogP contribution in [-0.2, 0) is 6.42 Å². The lowest BCUT2D eigenvalue weighted by Crippen LogP contribution is -2.32. The maximum absolute atomic E-state index is 5.73. The van der Waals surface area contributed by atoms with Gasteiger partial charge in [-0.25, -0.2) is 0 Å². The van der Waals surface area contributed by atoms with Crippen molar-refractivity contribution in [2.75, 3.05) is 18.7 Å². The number of hydrogen-bond donors (Lipinski definition) is 2. The summed E-state index contributed by atoms with van der Waals surface area (Å²) < 4.78 is 11.0. The van der Waals surface area contributed by atoms with Crippen LogP contribution in [0.2, 0.25) is 0 Å². The highest BCUT2D eigenvalue weighted by Gasteiger charge is 2.15. The molecule has 0 aliphatic heterocycles. The van der Waals surface area contributed by atoms with Crippen molar-refractivity contribution < 1.29 is 9.15 Å². The molecule has 0 aliphatic carbocycles. The number of furan rings is 1. The molecule has 4 nitrogen and oxygen atoms in total. The minimum Gasteiger partial charge on any atom is -0.497 e. The third kappa shape index (κ3) is 6.27. The molecule has 0 saturated heterocycles. The van der Waals surface area contributed by atoms with Crippen LogP contribution in [0.5, 0.6) is 5.75 Å². The Morgan fingerprint density at radius 2 is 1.93 bits per heavy atom. The van der Waals surface area contributed by atoms with Gasteiger partial charge >= 0.3 is 0 Å². The van der Waals surface area contributed by atoms with Gasteiger partial charge in [0.1, 0.15) is 17.3 Å². The van der Waals surface area contributed by atoms with Crippen molar-refractivity contribution in [1.82, 2.24) is 5.32 Å². The monoisotopic (exact) mass is 426 g/mol. The summed E-state index contributed by atoms with van der Waals surface area (Å²) in [5, 5.41) is 7.36. The third-order valence-electron chi connectivity index (χ3n) is 4.63. The van der Waals surface area contributed by atoms with E-state index in [1.165, 1.54) is 4.90 Å². The van der Waals surface area contributed by atoms with Gasteiger partial charge in [0.15, 0.2) is 5.11 Å². The second kappa shape index (κ2) is 10.4. The molecule has 1 atom stereocenters. The molecule has 3 rings (SSSR count). The number of anilines is 1.